The van der Waals surface area contributed by atoms with Crippen molar-refractivity contribution in [2.24, 2.45) is 0 Å². The van der Waals surface area contributed by atoms with E-state index in [0.29, 0.717) is 6.04 Å². The fourth-order valence-electron chi connectivity index (χ4n) is 3.02. The van der Waals surface area contributed by atoms with Gasteiger partial charge >= 0.3 is 0 Å². The lowest BCUT2D eigenvalue weighted by atomic mass is 10.2. The minimum Gasteiger partial charge on any atom is -0.464 e. The van der Waals surface area contributed by atoms with E-state index in [-0.39, 0.29) is 18.5 Å². The number of aryl methyl sites for hydroxylation is 1. The van der Waals surface area contributed by atoms with Gasteiger partial charge in [-0.15, -0.1) is 0 Å². The third-order valence-electron chi connectivity index (χ3n) is 4.23. The molecule has 0 saturated heterocycles. The molecule has 0 bridgehead atoms. The van der Waals surface area contributed by atoms with E-state index in [4.69, 9.17) is 4.42 Å². The zero-order chi connectivity index (χ0) is 16.2. The molecular weight excluding hydrogens is 292 g/mol. The van der Waals surface area contributed by atoms with E-state index in [9.17, 15) is 4.79 Å². The summed E-state index contributed by atoms with van der Waals surface area (Å²) in [6.45, 7) is 4.21. The predicted molar refractivity (Wildman–Crippen MR) is 88.1 cm³/mol. The number of nitrogens with zero attached hydrogens (tertiary/aromatic N) is 2. The van der Waals surface area contributed by atoms with Crippen LogP contribution in [0, 0.1) is 6.92 Å². The molecule has 1 fully saturated rings. The minimum absolute atomic E-state index is 0.0289. The third kappa shape index (κ3) is 4.15. The summed E-state index contributed by atoms with van der Waals surface area (Å²) >= 11 is 0. The number of nitrogens with one attached hydrogen (secondary N) is 2. The fraction of sp³-hybridized carbons (Fsp3) is 0.529. The van der Waals surface area contributed by atoms with E-state index in [1.54, 1.807) is 10.9 Å². The van der Waals surface area contributed by atoms with Gasteiger partial charge in [-0.25, -0.2) is 0 Å². The summed E-state index contributed by atoms with van der Waals surface area (Å²) in [5.74, 6) is 1.81. The number of carbonyl (C=O) groups is 1. The van der Waals surface area contributed by atoms with E-state index in [2.05, 4.69) is 15.7 Å². The molecule has 3 rings (SSSR count). The molecule has 6 nitrogen and oxygen atoms in total. The van der Waals surface area contributed by atoms with Gasteiger partial charge < -0.3 is 15.1 Å². The van der Waals surface area contributed by atoms with Crippen LogP contribution in [0.3, 0.4) is 0 Å². The van der Waals surface area contributed by atoms with Gasteiger partial charge in [0.15, 0.2) is 0 Å². The minimum atomic E-state index is 0.0289. The zero-order valence-corrected chi connectivity index (χ0v) is 13.7. The van der Waals surface area contributed by atoms with E-state index < -0.39 is 0 Å². The molecule has 2 aromatic rings. The van der Waals surface area contributed by atoms with Crippen LogP contribution in [-0.4, -0.2) is 21.7 Å². The van der Waals surface area contributed by atoms with Crippen molar-refractivity contribution in [1.29, 1.82) is 0 Å². The van der Waals surface area contributed by atoms with Crippen molar-refractivity contribution in [3.05, 3.63) is 36.0 Å². The topological polar surface area (TPSA) is 72.1 Å². The number of amides is 1. The van der Waals surface area contributed by atoms with E-state index in [1.165, 1.54) is 12.8 Å². The van der Waals surface area contributed by atoms with Gasteiger partial charge in [0, 0.05) is 12.2 Å². The second-order valence-electron chi connectivity index (χ2n) is 6.29. The first-order valence-electron chi connectivity index (χ1n) is 8.25. The molecule has 0 aromatic carbocycles. The largest absolute Gasteiger partial charge is 0.464 e. The summed E-state index contributed by atoms with van der Waals surface area (Å²) in [6.07, 6.45) is 8.20. The quantitative estimate of drug-likeness (QED) is 0.859. The molecule has 23 heavy (non-hydrogen) atoms. The zero-order valence-electron chi connectivity index (χ0n) is 13.7. The summed E-state index contributed by atoms with van der Waals surface area (Å²) in [6, 6.07) is 4.31. The molecule has 1 saturated carbocycles. The number of carbonyl (C=O) groups excluding carboxylic acids is 1. The number of hydrogen-bond acceptors (Lipinski definition) is 4. The molecule has 2 aromatic heterocycles. The molecule has 6 heteroatoms. The Labute approximate surface area is 136 Å². The van der Waals surface area contributed by atoms with Crippen LogP contribution in [0.2, 0.25) is 0 Å². The number of furan rings is 1. The number of rotatable bonds is 6. The molecule has 0 aliphatic heterocycles. The Morgan fingerprint density at radius 1 is 1.43 bits per heavy atom. The normalized spacial score (nSPS) is 16.4. The smallest absolute Gasteiger partial charge is 0.241 e. The highest BCUT2D eigenvalue weighted by atomic mass is 16.3. The van der Waals surface area contributed by atoms with Crippen LogP contribution in [-0.2, 0) is 11.3 Å². The van der Waals surface area contributed by atoms with Gasteiger partial charge in [0.05, 0.1) is 17.9 Å². The Morgan fingerprint density at radius 3 is 2.91 bits per heavy atom. The molecule has 2 heterocycles. The average molecular weight is 316 g/mol. The second-order valence-corrected chi connectivity index (χ2v) is 6.29. The van der Waals surface area contributed by atoms with Gasteiger partial charge in [-0.2, -0.15) is 5.10 Å². The van der Waals surface area contributed by atoms with Gasteiger partial charge in [-0.1, -0.05) is 12.8 Å². The number of anilines is 1. The average Bonchev–Trinajstić information content (AvgIpc) is 3.22. The standard InChI is InChI=1S/C17H24N4O2/c1-12-7-8-16(23-12)13(2)19-15-9-18-21(10-15)11-17(22)20-14-5-3-4-6-14/h7-10,13-14,19H,3-6,11H2,1-2H3,(H,20,22)/t13-/m1/s1. The van der Waals surface area contributed by atoms with E-state index in [0.717, 1.165) is 30.0 Å². The van der Waals surface area contributed by atoms with Crippen molar-refractivity contribution in [2.45, 2.75) is 58.2 Å². The Kier molecular flexibility index (Phi) is 4.69. The van der Waals surface area contributed by atoms with Crippen LogP contribution in [0.4, 0.5) is 5.69 Å². The highest BCUT2D eigenvalue weighted by Crippen LogP contribution is 2.21. The SMILES string of the molecule is Cc1ccc([C@@H](C)Nc2cnn(CC(=O)NC3CCCC3)c2)o1. The first kappa shape index (κ1) is 15.6. The Morgan fingerprint density at radius 2 is 2.22 bits per heavy atom. The second kappa shape index (κ2) is 6.89. The Bertz CT molecular complexity index is 655. The summed E-state index contributed by atoms with van der Waals surface area (Å²) in [4.78, 5) is 12.0. The van der Waals surface area contributed by atoms with Crippen molar-refractivity contribution in [3.63, 3.8) is 0 Å². The highest BCUT2D eigenvalue weighted by Gasteiger charge is 2.17. The van der Waals surface area contributed by atoms with Gasteiger partial charge in [-0.3, -0.25) is 9.48 Å². The van der Waals surface area contributed by atoms with Gasteiger partial charge in [0.2, 0.25) is 5.91 Å². The van der Waals surface area contributed by atoms with Gasteiger partial charge in [0.25, 0.3) is 0 Å². The highest BCUT2D eigenvalue weighted by molar-refractivity contribution is 5.76. The molecule has 0 spiro atoms. The van der Waals surface area contributed by atoms with Crippen molar-refractivity contribution in [3.8, 4) is 0 Å². The van der Waals surface area contributed by atoms with Crippen LogP contribution in [0.25, 0.3) is 0 Å². The van der Waals surface area contributed by atoms with E-state index >= 15 is 0 Å². The predicted octanol–water partition coefficient (Wildman–Crippen LogP) is 3.02. The summed E-state index contributed by atoms with van der Waals surface area (Å²) in [5, 5.41) is 10.6. The maximum absolute atomic E-state index is 12.0. The third-order valence-corrected chi connectivity index (χ3v) is 4.23. The monoisotopic (exact) mass is 316 g/mol. The number of aromatic nitrogens is 2. The molecule has 0 unspecified atom stereocenters. The lowest BCUT2D eigenvalue weighted by molar-refractivity contribution is -0.122. The molecule has 0 radical (unpaired) electrons. The van der Waals surface area contributed by atoms with Crippen LogP contribution in [0.1, 0.15) is 50.2 Å². The van der Waals surface area contributed by atoms with Crippen LogP contribution >= 0.6 is 0 Å². The maximum atomic E-state index is 12.0. The van der Waals surface area contributed by atoms with Crippen molar-refractivity contribution in [2.75, 3.05) is 5.32 Å². The van der Waals surface area contributed by atoms with Crippen molar-refractivity contribution < 1.29 is 9.21 Å². The summed E-state index contributed by atoms with van der Waals surface area (Å²) in [5.41, 5.74) is 0.875. The summed E-state index contributed by atoms with van der Waals surface area (Å²) in [7, 11) is 0. The maximum Gasteiger partial charge on any atom is 0.241 e. The lowest BCUT2D eigenvalue weighted by Gasteiger charge is -2.12. The summed E-state index contributed by atoms with van der Waals surface area (Å²) < 4.78 is 7.27. The molecule has 1 aliphatic rings. The van der Waals surface area contributed by atoms with Crippen LogP contribution < -0.4 is 10.6 Å². The Hall–Kier alpha value is -2.24. The molecule has 1 atom stereocenters. The lowest BCUT2D eigenvalue weighted by Crippen LogP contribution is -2.35. The molecule has 1 aliphatic carbocycles. The van der Waals surface area contributed by atoms with Crippen LogP contribution in [0.5, 0.6) is 0 Å². The molecule has 124 valence electrons. The number of hydrogen-bond donors (Lipinski definition) is 2. The fourth-order valence-corrected chi connectivity index (χ4v) is 3.02. The first-order valence-corrected chi connectivity index (χ1v) is 8.25. The van der Waals surface area contributed by atoms with Crippen molar-refractivity contribution in [1.82, 2.24) is 15.1 Å². The Balaban J connectivity index is 1.52. The van der Waals surface area contributed by atoms with Crippen LogP contribution in [0.15, 0.2) is 28.9 Å². The van der Waals surface area contributed by atoms with E-state index in [1.807, 2.05) is 32.2 Å². The van der Waals surface area contributed by atoms with Gasteiger partial charge in [0.1, 0.15) is 18.1 Å². The first-order chi connectivity index (χ1) is 11.1. The molecular formula is C17H24N4O2. The molecule has 2 N–H and O–H groups in total. The molecule has 1 amide bonds. The van der Waals surface area contributed by atoms with Gasteiger partial charge in [-0.05, 0) is 38.8 Å². The van der Waals surface area contributed by atoms with Crippen molar-refractivity contribution >= 4 is 11.6 Å².